The second kappa shape index (κ2) is 6.91. The van der Waals surface area contributed by atoms with Crippen LogP contribution >= 0.6 is 0 Å². The first-order chi connectivity index (χ1) is 11.4. The molecule has 5 nitrogen and oxygen atoms in total. The molecule has 0 unspecified atom stereocenters. The number of hydrogen-bond acceptors (Lipinski definition) is 3. The molecule has 1 fully saturated rings. The molecule has 6 heteroatoms. The summed E-state index contributed by atoms with van der Waals surface area (Å²) in [5.74, 6) is -0.150. The summed E-state index contributed by atoms with van der Waals surface area (Å²) in [6.07, 6.45) is 3.78. The molecular formula is C18H22N2O3S. The lowest BCUT2D eigenvalue weighted by Crippen LogP contribution is -2.43. The lowest BCUT2D eigenvalue weighted by atomic mass is 9.97. The number of carbonyl (C=O) groups excluding carboxylic acids is 1. The van der Waals surface area contributed by atoms with E-state index in [0.717, 1.165) is 25.5 Å². The van der Waals surface area contributed by atoms with Gasteiger partial charge in [0, 0.05) is 12.6 Å². The van der Waals surface area contributed by atoms with Crippen molar-refractivity contribution in [2.24, 2.45) is 0 Å². The van der Waals surface area contributed by atoms with Gasteiger partial charge in [-0.15, -0.1) is 0 Å². The van der Waals surface area contributed by atoms with E-state index in [0.29, 0.717) is 6.54 Å². The fourth-order valence-electron chi connectivity index (χ4n) is 3.39. The molecule has 0 bridgehead atoms. The quantitative estimate of drug-likeness (QED) is 0.899. The number of benzene rings is 2. The Balaban J connectivity index is 1.75. The van der Waals surface area contributed by atoms with Gasteiger partial charge in [0.25, 0.3) is 0 Å². The van der Waals surface area contributed by atoms with Crippen LogP contribution in [0.25, 0.3) is 10.8 Å². The van der Waals surface area contributed by atoms with Gasteiger partial charge >= 0.3 is 0 Å². The topological polar surface area (TPSA) is 66.5 Å². The van der Waals surface area contributed by atoms with E-state index in [1.54, 1.807) is 0 Å². The van der Waals surface area contributed by atoms with Crippen molar-refractivity contribution < 1.29 is 13.2 Å². The number of likely N-dealkylation sites (tertiary alicyclic amines) is 1. The van der Waals surface area contributed by atoms with Crippen LogP contribution in [0.2, 0.25) is 0 Å². The highest BCUT2D eigenvalue weighted by Gasteiger charge is 2.29. The third-order valence-electron chi connectivity index (χ3n) is 4.52. The van der Waals surface area contributed by atoms with Crippen LogP contribution in [0, 0.1) is 0 Å². The molecule has 0 aromatic heterocycles. The Kier molecular flexibility index (Phi) is 4.87. The molecule has 3 rings (SSSR count). The van der Waals surface area contributed by atoms with Crippen molar-refractivity contribution in [2.45, 2.75) is 25.3 Å². The smallest absolute Gasteiger partial charge is 0.237 e. The molecule has 0 spiro atoms. The van der Waals surface area contributed by atoms with Crippen LogP contribution in [0.3, 0.4) is 0 Å². The molecule has 1 heterocycles. The number of nitrogens with zero attached hydrogens (tertiary/aromatic N) is 1. The van der Waals surface area contributed by atoms with E-state index in [1.807, 2.05) is 23.1 Å². The highest BCUT2D eigenvalue weighted by Crippen LogP contribution is 2.25. The van der Waals surface area contributed by atoms with Gasteiger partial charge in [0.15, 0.2) is 0 Å². The average molecular weight is 346 g/mol. The molecule has 1 saturated heterocycles. The van der Waals surface area contributed by atoms with Gasteiger partial charge in [0.1, 0.15) is 0 Å². The third-order valence-corrected chi connectivity index (χ3v) is 5.19. The van der Waals surface area contributed by atoms with Crippen molar-refractivity contribution in [3.63, 3.8) is 0 Å². The maximum Gasteiger partial charge on any atom is 0.237 e. The van der Waals surface area contributed by atoms with E-state index in [9.17, 15) is 13.2 Å². The van der Waals surface area contributed by atoms with Gasteiger partial charge in [-0.2, -0.15) is 0 Å². The van der Waals surface area contributed by atoms with E-state index >= 15 is 0 Å². The molecule has 1 atom stereocenters. The summed E-state index contributed by atoms with van der Waals surface area (Å²) in [6.45, 7) is 0.532. The van der Waals surface area contributed by atoms with Crippen molar-refractivity contribution in [3.8, 4) is 0 Å². The Bertz CT molecular complexity index is 843. The number of fused-ring (bicyclic) bond motifs is 1. The second-order valence-electron chi connectivity index (χ2n) is 6.32. The van der Waals surface area contributed by atoms with E-state index < -0.39 is 10.0 Å². The van der Waals surface area contributed by atoms with E-state index in [-0.39, 0.29) is 18.5 Å². The first kappa shape index (κ1) is 16.9. The Hall–Kier alpha value is -1.92. The van der Waals surface area contributed by atoms with Gasteiger partial charge in [-0.1, -0.05) is 42.5 Å². The van der Waals surface area contributed by atoms with Crippen molar-refractivity contribution in [1.29, 1.82) is 0 Å². The summed E-state index contributed by atoms with van der Waals surface area (Å²) in [7, 11) is -3.35. The summed E-state index contributed by atoms with van der Waals surface area (Å²) in [6, 6.07) is 14.6. The molecule has 1 N–H and O–H groups in total. The minimum absolute atomic E-state index is 0.129. The lowest BCUT2D eigenvalue weighted by molar-refractivity contribution is -0.130. The van der Waals surface area contributed by atoms with Crippen molar-refractivity contribution >= 4 is 26.7 Å². The van der Waals surface area contributed by atoms with Gasteiger partial charge in [-0.05, 0) is 35.6 Å². The zero-order valence-corrected chi connectivity index (χ0v) is 14.6. The summed E-state index contributed by atoms with van der Waals surface area (Å²) in [5, 5.41) is 2.41. The highest BCUT2D eigenvalue weighted by molar-refractivity contribution is 7.88. The number of rotatable bonds is 5. The molecule has 24 heavy (non-hydrogen) atoms. The molecule has 0 aliphatic carbocycles. The second-order valence-corrected chi connectivity index (χ2v) is 8.15. The Labute approximate surface area is 142 Å². The Morgan fingerprint density at radius 1 is 1.21 bits per heavy atom. The third kappa shape index (κ3) is 3.94. The van der Waals surface area contributed by atoms with Gasteiger partial charge < -0.3 is 4.90 Å². The minimum atomic E-state index is -3.35. The monoisotopic (exact) mass is 346 g/mol. The number of sulfonamides is 1. The van der Waals surface area contributed by atoms with Crippen molar-refractivity contribution in [1.82, 2.24) is 9.62 Å². The number of hydrogen-bond donors (Lipinski definition) is 1. The number of amides is 1. The zero-order valence-electron chi connectivity index (χ0n) is 13.7. The van der Waals surface area contributed by atoms with Crippen LogP contribution in [0.5, 0.6) is 0 Å². The fraction of sp³-hybridized carbons (Fsp3) is 0.389. The van der Waals surface area contributed by atoms with Crippen LogP contribution in [0.4, 0.5) is 0 Å². The minimum Gasteiger partial charge on any atom is -0.338 e. The maximum absolute atomic E-state index is 12.4. The Morgan fingerprint density at radius 3 is 2.75 bits per heavy atom. The largest absolute Gasteiger partial charge is 0.338 e. The molecule has 1 aliphatic rings. The first-order valence-electron chi connectivity index (χ1n) is 8.15. The van der Waals surface area contributed by atoms with Crippen molar-refractivity contribution in [3.05, 3.63) is 48.0 Å². The molecule has 1 aliphatic heterocycles. The maximum atomic E-state index is 12.4. The first-order valence-corrected chi connectivity index (χ1v) is 10.0. The average Bonchev–Trinajstić information content (AvgIpc) is 3.00. The summed E-state index contributed by atoms with van der Waals surface area (Å²) < 4.78 is 24.7. The SMILES string of the molecule is CS(=O)(=O)NCC(=O)N1CCC[C@@H]1Cc1cccc2ccccc12. The van der Waals surface area contributed by atoms with Gasteiger partial charge in [0.2, 0.25) is 15.9 Å². The molecule has 0 radical (unpaired) electrons. The highest BCUT2D eigenvalue weighted by atomic mass is 32.2. The standard InChI is InChI=1S/C18H22N2O3S/c1-24(22,23)19-13-18(21)20-11-5-9-16(20)12-15-8-4-7-14-6-2-3-10-17(14)15/h2-4,6-8,10,16,19H,5,9,11-13H2,1H3/t16-/m1/s1. The zero-order chi connectivity index (χ0) is 17.2. The van der Waals surface area contributed by atoms with Crippen LogP contribution in [-0.4, -0.2) is 44.6 Å². The van der Waals surface area contributed by atoms with Crippen LogP contribution in [-0.2, 0) is 21.2 Å². The predicted molar refractivity (Wildman–Crippen MR) is 95.2 cm³/mol. The van der Waals surface area contributed by atoms with Crippen molar-refractivity contribution in [2.75, 3.05) is 19.3 Å². The molecule has 128 valence electrons. The molecule has 0 saturated carbocycles. The molecule has 2 aromatic rings. The lowest BCUT2D eigenvalue weighted by Gasteiger charge is -2.25. The van der Waals surface area contributed by atoms with Gasteiger partial charge in [-0.25, -0.2) is 13.1 Å². The van der Waals surface area contributed by atoms with E-state index in [1.165, 1.54) is 16.3 Å². The predicted octanol–water partition coefficient (Wildman–Crippen LogP) is 1.92. The van der Waals surface area contributed by atoms with Gasteiger partial charge in [-0.3, -0.25) is 4.79 Å². The summed E-state index contributed by atoms with van der Waals surface area (Å²) >= 11 is 0. The number of carbonyl (C=O) groups is 1. The Morgan fingerprint density at radius 2 is 1.96 bits per heavy atom. The summed E-state index contributed by atoms with van der Waals surface area (Å²) in [5.41, 5.74) is 1.23. The normalized spacial score (nSPS) is 18.2. The molecular weight excluding hydrogens is 324 g/mol. The van der Waals surface area contributed by atoms with Gasteiger partial charge in [0.05, 0.1) is 12.8 Å². The molecule has 1 amide bonds. The van der Waals surface area contributed by atoms with E-state index in [4.69, 9.17) is 0 Å². The number of nitrogens with one attached hydrogen (secondary N) is 1. The van der Waals surface area contributed by atoms with E-state index in [2.05, 4.69) is 29.0 Å². The van der Waals surface area contributed by atoms with Crippen LogP contribution in [0.15, 0.2) is 42.5 Å². The van der Waals surface area contributed by atoms with Crippen LogP contribution in [0.1, 0.15) is 18.4 Å². The fourth-order valence-corrected chi connectivity index (χ4v) is 3.78. The van der Waals surface area contributed by atoms with Crippen LogP contribution < -0.4 is 4.72 Å². The molecule has 2 aromatic carbocycles. The summed E-state index contributed by atoms with van der Waals surface area (Å²) in [4.78, 5) is 14.2.